The van der Waals surface area contributed by atoms with Crippen LogP contribution in [0.2, 0.25) is 0 Å². The molecule has 0 saturated heterocycles. The average Bonchev–Trinajstić information content (AvgIpc) is 4.07. The molecule has 308 valence electrons. The summed E-state index contributed by atoms with van der Waals surface area (Å²) in [5, 5.41) is 11.6. The van der Waals surface area contributed by atoms with Gasteiger partial charge in [-0.05, 0) is 94.0 Å². The molecule has 3 aromatic heterocycles. The maximum absolute atomic E-state index is 6.98. The summed E-state index contributed by atoms with van der Waals surface area (Å²) in [6, 6.07) is 82.8. The minimum absolute atomic E-state index is 0.849. The number of anilines is 3. The summed E-state index contributed by atoms with van der Waals surface area (Å²) in [5.41, 5.74) is 14.3. The van der Waals surface area contributed by atoms with E-state index in [1.54, 1.807) is 0 Å². The fourth-order valence-electron chi connectivity index (χ4n) is 10.6. The SMILES string of the molecule is c1ccc2c(c1)cc(N(c1ccc(-c3cccc4c3oc3ccccc34)cc1)c1ccc3c(oc4ccccc43)c1-c1ccc(-n3c4ccccc4c4ccccc43)cc1)c1ccccc12. The molecule has 0 radical (unpaired) electrons. The monoisotopic (exact) mass is 842 g/mol. The van der Waals surface area contributed by atoms with Crippen molar-refractivity contribution in [1.29, 1.82) is 0 Å². The molecule has 14 rings (SSSR count). The van der Waals surface area contributed by atoms with E-state index in [1.807, 2.05) is 18.2 Å². The van der Waals surface area contributed by atoms with Gasteiger partial charge in [-0.2, -0.15) is 0 Å². The van der Waals surface area contributed by atoms with Gasteiger partial charge in [-0.15, -0.1) is 0 Å². The van der Waals surface area contributed by atoms with Gasteiger partial charge >= 0.3 is 0 Å². The molecule has 14 aromatic rings. The fraction of sp³-hybridized carbons (Fsp3) is 0. The van der Waals surface area contributed by atoms with E-state index in [9.17, 15) is 0 Å². The van der Waals surface area contributed by atoms with Gasteiger partial charge in [0.15, 0.2) is 0 Å². The van der Waals surface area contributed by atoms with Crippen LogP contribution in [0.5, 0.6) is 0 Å². The Hall–Kier alpha value is -8.86. The van der Waals surface area contributed by atoms with Crippen molar-refractivity contribution in [3.8, 4) is 27.9 Å². The first-order chi connectivity index (χ1) is 32.7. The number of hydrogen-bond donors (Lipinski definition) is 0. The van der Waals surface area contributed by atoms with E-state index in [2.05, 4.69) is 222 Å². The summed E-state index contributed by atoms with van der Waals surface area (Å²) < 4.78 is 15.9. The van der Waals surface area contributed by atoms with Gasteiger partial charge in [0, 0.05) is 60.2 Å². The second-order valence-corrected chi connectivity index (χ2v) is 17.2. The van der Waals surface area contributed by atoms with E-state index in [1.165, 1.54) is 38.0 Å². The van der Waals surface area contributed by atoms with E-state index in [0.717, 1.165) is 94.3 Å². The Kier molecular flexibility index (Phi) is 7.95. The Morgan fingerprint density at radius 1 is 0.333 bits per heavy atom. The summed E-state index contributed by atoms with van der Waals surface area (Å²) in [4.78, 5) is 2.43. The summed E-state index contributed by atoms with van der Waals surface area (Å²) in [6.45, 7) is 0. The zero-order valence-electron chi connectivity index (χ0n) is 35.7. The lowest BCUT2D eigenvalue weighted by Gasteiger charge is -2.30. The zero-order valence-corrected chi connectivity index (χ0v) is 35.7. The molecule has 0 atom stereocenters. The van der Waals surface area contributed by atoms with Crippen LogP contribution in [-0.2, 0) is 0 Å². The molecule has 0 spiro atoms. The highest BCUT2D eigenvalue weighted by Crippen LogP contribution is 2.50. The van der Waals surface area contributed by atoms with Crippen LogP contribution in [0.4, 0.5) is 17.1 Å². The molecular formula is C62H38N2O2. The third-order valence-corrected chi connectivity index (χ3v) is 13.6. The number of benzene rings is 11. The maximum Gasteiger partial charge on any atom is 0.145 e. The van der Waals surface area contributed by atoms with Crippen molar-refractivity contribution >= 4 is 104 Å². The second kappa shape index (κ2) is 14.3. The van der Waals surface area contributed by atoms with Crippen LogP contribution in [0.15, 0.2) is 239 Å². The van der Waals surface area contributed by atoms with Crippen molar-refractivity contribution in [3.05, 3.63) is 231 Å². The Labute approximate surface area is 379 Å². The molecule has 0 N–H and O–H groups in total. The van der Waals surface area contributed by atoms with Crippen molar-refractivity contribution in [2.45, 2.75) is 0 Å². The Balaban J connectivity index is 1.02. The summed E-state index contributed by atoms with van der Waals surface area (Å²) in [7, 11) is 0. The Bertz CT molecular complexity index is 4170. The van der Waals surface area contributed by atoms with Crippen LogP contribution in [0.25, 0.3) is 115 Å². The van der Waals surface area contributed by atoms with Crippen LogP contribution in [0, 0.1) is 0 Å². The van der Waals surface area contributed by atoms with Crippen LogP contribution in [0.3, 0.4) is 0 Å². The lowest BCUT2D eigenvalue weighted by Crippen LogP contribution is -2.12. The van der Waals surface area contributed by atoms with Crippen LogP contribution < -0.4 is 4.90 Å². The molecule has 0 aliphatic heterocycles. The van der Waals surface area contributed by atoms with Gasteiger partial charge < -0.3 is 18.3 Å². The normalized spacial score (nSPS) is 11.9. The van der Waals surface area contributed by atoms with Gasteiger partial charge in [0.25, 0.3) is 0 Å². The van der Waals surface area contributed by atoms with Gasteiger partial charge in [-0.25, -0.2) is 0 Å². The topological polar surface area (TPSA) is 34.5 Å². The zero-order chi connectivity index (χ0) is 43.3. The van der Waals surface area contributed by atoms with Crippen molar-refractivity contribution in [2.24, 2.45) is 0 Å². The smallest absolute Gasteiger partial charge is 0.145 e. The van der Waals surface area contributed by atoms with Crippen LogP contribution in [0.1, 0.15) is 0 Å². The van der Waals surface area contributed by atoms with Crippen LogP contribution in [-0.4, -0.2) is 4.57 Å². The van der Waals surface area contributed by atoms with Gasteiger partial charge in [-0.1, -0.05) is 164 Å². The Morgan fingerprint density at radius 3 is 1.56 bits per heavy atom. The lowest BCUT2D eigenvalue weighted by atomic mass is 9.95. The van der Waals surface area contributed by atoms with Crippen molar-refractivity contribution in [3.63, 3.8) is 0 Å². The molecule has 0 saturated carbocycles. The number of furan rings is 2. The number of rotatable bonds is 6. The molecule has 4 heteroatoms. The van der Waals surface area contributed by atoms with Crippen molar-refractivity contribution in [1.82, 2.24) is 4.57 Å². The third-order valence-electron chi connectivity index (χ3n) is 13.6. The number of para-hydroxylation sites is 5. The lowest BCUT2D eigenvalue weighted by molar-refractivity contribution is 0.669. The van der Waals surface area contributed by atoms with Crippen molar-refractivity contribution < 1.29 is 8.83 Å². The third kappa shape index (κ3) is 5.45. The van der Waals surface area contributed by atoms with E-state index in [-0.39, 0.29) is 0 Å². The number of hydrogen-bond acceptors (Lipinski definition) is 3. The quantitative estimate of drug-likeness (QED) is 0.156. The van der Waals surface area contributed by atoms with E-state index < -0.39 is 0 Å². The van der Waals surface area contributed by atoms with E-state index in [4.69, 9.17) is 8.83 Å². The predicted molar refractivity (Wildman–Crippen MR) is 276 cm³/mol. The highest BCUT2D eigenvalue weighted by molar-refractivity contribution is 6.18. The molecule has 66 heavy (non-hydrogen) atoms. The first-order valence-electron chi connectivity index (χ1n) is 22.5. The molecule has 0 unspecified atom stereocenters. The molecule has 3 heterocycles. The van der Waals surface area contributed by atoms with Gasteiger partial charge in [-0.3, -0.25) is 0 Å². The van der Waals surface area contributed by atoms with Crippen molar-refractivity contribution in [2.75, 3.05) is 4.90 Å². The second-order valence-electron chi connectivity index (χ2n) is 17.2. The maximum atomic E-state index is 6.98. The highest BCUT2D eigenvalue weighted by atomic mass is 16.3. The molecular weight excluding hydrogens is 805 g/mol. The minimum Gasteiger partial charge on any atom is -0.455 e. The average molecular weight is 843 g/mol. The molecule has 0 amide bonds. The minimum atomic E-state index is 0.849. The molecule has 11 aromatic carbocycles. The number of nitrogens with zero attached hydrogens (tertiary/aromatic N) is 2. The van der Waals surface area contributed by atoms with Crippen LogP contribution >= 0.6 is 0 Å². The van der Waals surface area contributed by atoms with Gasteiger partial charge in [0.05, 0.1) is 22.4 Å². The van der Waals surface area contributed by atoms with Gasteiger partial charge in [0.1, 0.15) is 22.3 Å². The summed E-state index contributed by atoms with van der Waals surface area (Å²) in [5.74, 6) is 0. The molecule has 0 aliphatic rings. The Morgan fingerprint density at radius 2 is 0.864 bits per heavy atom. The summed E-state index contributed by atoms with van der Waals surface area (Å²) in [6.07, 6.45) is 0. The first kappa shape index (κ1) is 36.6. The fourth-order valence-corrected chi connectivity index (χ4v) is 10.6. The van der Waals surface area contributed by atoms with Gasteiger partial charge in [0.2, 0.25) is 0 Å². The molecule has 0 bridgehead atoms. The van der Waals surface area contributed by atoms with E-state index >= 15 is 0 Å². The standard InChI is InChI=1S/C62H38N2O2/c1-2-15-44-41(14-1)38-57(47-17-4-3-16-46(44)47)64(43-32-28-39(29-33-43)45-22-13-23-52-50-20-7-11-26-58(50)65-61(45)52)56-37-36-53-51-21-8-12-27-59(51)66-62(53)60(56)40-30-34-42(35-31-40)63-54-24-9-5-18-48(54)49-19-6-10-25-55(49)63/h1-38H. The number of aromatic nitrogens is 1. The largest absolute Gasteiger partial charge is 0.455 e. The van der Waals surface area contributed by atoms with E-state index in [0.29, 0.717) is 0 Å². The number of fused-ring (bicyclic) bond motifs is 12. The molecule has 0 aliphatic carbocycles. The molecule has 0 fully saturated rings. The summed E-state index contributed by atoms with van der Waals surface area (Å²) >= 11 is 0. The molecule has 4 nitrogen and oxygen atoms in total. The predicted octanol–water partition coefficient (Wildman–Crippen LogP) is 17.7. The highest BCUT2D eigenvalue weighted by Gasteiger charge is 2.25. The first-order valence-corrected chi connectivity index (χ1v) is 22.5.